The van der Waals surface area contributed by atoms with Gasteiger partial charge in [-0.1, -0.05) is 36.9 Å². The predicted octanol–water partition coefficient (Wildman–Crippen LogP) is 4.11. The van der Waals surface area contributed by atoms with Crippen molar-refractivity contribution in [2.75, 3.05) is 54.2 Å². The van der Waals surface area contributed by atoms with Crippen LogP contribution in [0.2, 0.25) is 0 Å². The van der Waals surface area contributed by atoms with Crippen molar-refractivity contribution in [2.45, 2.75) is 18.5 Å². The van der Waals surface area contributed by atoms with Gasteiger partial charge in [-0.15, -0.1) is 0 Å². The molecule has 1 aliphatic rings. The van der Waals surface area contributed by atoms with Crippen molar-refractivity contribution < 1.29 is 9.53 Å². The van der Waals surface area contributed by atoms with Crippen molar-refractivity contribution >= 4 is 34.9 Å². The average Bonchev–Trinajstić information content (AvgIpc) is 2.88. The van der Waals surface area contributed by atoms with Crippen LogP contribution in [0, 0.1) is 0 Å². The number of benzene rings is 2. The number of thioether (sulfide) groups is 1. The molecule has 1 amide bonds. The molecule has 172 valence electrons. The van der Waals surface area contributed by atoms with E-state index in [1.165, 1.54) is 23.0 Å². The van der Waals surface area contributed by atoms with Gasteiger partial charge in [0.15, 0.2) is 5.16 Å². The number of piperazine rings is 1. The minimum atomic E-state index is -0.0647. The van der Waals surface area contributed by atoms with Crippen LogP contribution in [0.25, 0.3) is 0 Å². The average molecular weight is 464 g/mol. The second-order valence-corrected chi connectivity index (χ2v) is 8.70. The van der Waals surface area contributed by atoms with Crippen molar-refractivity contribution in [2.24, 2.45) is 0 Å². The Morgan fingerprint density at radius 2 is 1.82 bits per heavy atom. The number of aryl methyl sites for hydroxylation is 1. The molecule has 1 aliphatic heterocycles. The van der Waals surface area contributed by atoms with Crippen molar-refractivity contribution in [3.05, 3.63) is 66.4 Å². The van der Waals surface area contributed by atoms with Gasteiger partial charge in [0.1, 0.15) is 11.6 Å². The molecule has 0 radical (unpaired) electrons. The van der Waals surface area contributed by atoms with Crippen LogP contribution in [0.5, 0.6) is 5.75 Å². The van der Waals surface area contributed by atoms with E-state index in [9.17, 15) is 4.79 Å². The molecule has 2 heterocycles. The number of aromatic nitrogens is 2. The highest BCUT2D eigenvalue weighted by Gasteiger charge is 2.19. The number of hydrogen-bond acceptors (Lipinski definition) is 7. The summed E-state index contributed by atoms with van der Waals surface area (Å²) in [5, 5.41) is 3.54. The van der Waals surface area contributed by atoms with Gasteiger partial charge in [-0.3, -0.25) is 4.79 Å². The van der Waals surface area contributed by atoms with E-state index in [0.29, 0.717) is 5.16 Å². The van der Waals surface area contributed by atoms with E-state index in [2.05, 4.69) is 44.1 Å². The highest BCUT2D eigenvalue weighted by atomic mass is 32.2. The topological polar surface area (TPSA) is 70.6 Å². The third-order valence-electron chi connectivity index (χ3n) is 5.62. The Hall–Kier alpha value is -3.26. The number of ether oxygens (including phenoxy) is 1. The molecule has 4 rings (SSSR count). The summed E-state index contributed by atoms with van der Waals surface area (Å²) in [5.74, 6) is 1.97. The minimum absolute atomic E-state index is 0.0647. The lowest BCUT2D eigenvalue weighted by Crippen LogP contribution is -2.46. The summed E-state index contributed by atoms with van der Waals surface area (Å²) >= 11 is 1.35. The van der Waals surface area contributed by atoms with E-state index in [0.717, 1.165) is 49.9 Å². The highest BCUT2D eigenvalue weighted by molar-refractivity contribution is 7.99. The number of nitrogens with zero attached hydrogens (tertiary/aromatic N) is 4. The predicted molar refractivity (Wildman–Crippen MR) is 135 cm³/mol. The fraction of sp³-hybridized carbons (Fsp3) is 0.320. The zero-order valence-electron chi connectivity index (χ0n) is 19.0. The van der Waals surface area contributed by atoms with Crippen LogP contribution in [-0.2, 0) is 11.2 Å². The van der Waals surface area contributed by atoms with Crippen molar-refractivity contribution in [1.82, 2.24) is 9.97 Å². The second-order valence-electron chi connectivity index (χ2n) is 7.76. The SMILES string of the molecule is CCc1ccc(NC(=O)CSc2nccc(N3CCN(c4cccc(OC)c4)CC3)n2)cc1. The smallest absolute Gasteiger partial charge is 0.234 e. The van der Waals surface area contributed by atoms with Gasteiger partial charge in [-0.2, -0.15) is 0 Å². The van der Waals surface area contributed by atoms with Crippen LogP contribution in [0.15, 0.2) is 66.0 Å². The van der Waals surface area contributed by atoms with Gasteiger partial charge >= 0.3 is 0 Å². The molecule has 3 aromatic rings. The molecular weight excluding hydrogens is 434 g/mol. The van der Waals surface area contributed by atoms with E-state index in [1.54, 1.807) is 13.3 Å². The normalized spacial score (nSPS) is 13.6. The number of rotatable bonds is 8. The van der Waals surface area contributed by atoms with E-state index in [1.807, 2.05) is 42.5 Å². The minimum Gasteiger partial charge on any atom is -0.497 e. The molecule has 0 spiro atoms. The fourth-order valence-corrected chi connectivity index (χ4v) is 4.36. The molecule has 1 fully saturated rings. The number of anilines is 3. The summed E-state index contributed by atoms with van der Waals surface area (Å²) < 4.78 is 5.35. The molecule has 33 heavy (non-hydrogen) atoms. The molecule has 2 aromatic carbocycles. The molecule has 0 atom stereocenters. The third-order valence-corrected chi connectivity index (χ3v) is 6.48. The fourth-order valence-electron chi connectivity index (χ4n) is 3.73. The second kappa shape index (κ2) is 11.0. The molecule has 7 nitrogen and oxygen atoms in total. The number of nitrogens with one attached hydrogen (secondary N) is 1. The molecule has 0 unspecified atom stereocenters. The largest absolute Gasteiger partial charge is 0.497 e. The Labute approximate surface area is 199 Å². The molecule has 8 heteroatoms. The standard InChI is InChI=1S/C25H29N5O2S/c1-3-19-7-9-20(10-8-19)27-24(31)18-33-25-26-12-11-23(28-25)30-15-13-29(14-16-30)21-5-4-6-22(17-21)32-2/h4-12,17H,3,13-16,18H2,1-2H3,(H,27,31). The van der Waals surface area contributed by atoms with Gasteiger partial charge in [0, 0.05) is 49.8 Å². The Kier molecular flexibility index (Phi) is 7.67. The zero-order chi connectivity index (χ0) is 23.0. The number of methoxy groups -OCH3 is 1. The summed E-state index contributed by atoms with van der Waals surface area (Å²) in [5.41, 5.74) is 3.22. The Bertz CT molecular complexity index is 1070. The van der Waals surface area contributed by atoms with E-state index >= 15 is 0 Å². The molecule has 1 aromatic heterocycles. The molecule has 0 saturated carbocycles. The van der Waals surface area contributed by atoms with E-state index < -0.39 is 0 Å². The lowest BCUT2D eigenvalue weighted by molar-refractivity contribution is -0.113. The first-order chi connectivity index (χ1) is 16.1. The number of carbonyl (C=O) groups excluding carboxylic acids is 1. The van der Waals surface area contributed by atoms with Crippen LogP contribution in [-0.4, -0.2) is 54.9 Å². The van der Waals surface area contributed by atoms with Crippen LogP contribution in [0.4, 0.5) is 17.2 Å². The molecular formula is C25H29N5O2S. The number of carbonyl (C=O) groups is 1. The Morgan fingerprint density at radius 3 is 2.55 bits per heavy atom. The maximum Gasteiger partial charge on any atom is 0.234 e. The Morgan fingerprint density at radius 1 is 1.06 bits per heavy atom. The van der Waals surface area contributed by atoms with Gasteiger partial charge in [0.2, 0.25) is 5.91 Å². The van der Waals surface area contributed by atoms with Crippen LogP contribution >= 0.6 is 11.8 Å². The molecule has 1 N–H and O–H groups in total. The summed E-state index contributed by atoms with van der Waals surface area (Å²) in [6.45, 7) is 5.65. The van der Waals surface area contributed by atoms with Gasteiger partial charge in [-0.05, 0) is 42.3 Å². The van der Waals surface area contributed by atoms with Gasteiger partial charge in [-0.25, -0.2) is 9.97 Å². The van der Waals surface area contributed by atoms with Gasteiger partial charge < -0.3 is 19.9 Å². The quantitative estimate of drug-likeness (QED) is 0.398. The lowest BCUT2D eigenvalue weighted by Gasteiger charge is -2.36. The molecule has 0 bridgehead atoms. The Balaban J connectivity index is 1.29. The van der Waals surface area contributed by atoms with Gasteiger partial charge in [0.25, 0.3) is 0 Å². The first kappa shape index (κ1) is 22.9. The van der Waals surface area contributed by atoms with Crippen LogP contribution in [0.1, 0.15) is 12.5 Å². The third kappa shape index (κ3) is 6.16. The number of hydrogen-bond donors (Lipinski definition) is 1. The summed E-state index contributed by atoms with van der Waals surface area (Å²) in [7, 11) is 1.69. The van der Waals surface area contributed by atoms with Crippen molar-refractivity contribution in [3.8, 4) is 5.75 Å². The first-order valence-corrected chi connectivity index (χ1v) is 12.1. The number of amides is 1. The van der Waals surface area contributed by atoms with Crippen LogP contribution < -0.4 is 19.9 Å². The maximum absolute atomic E-state index is 12.3. The zero-order valence-corrected chi connectivity index (χ0v) is 19.8. The van der Waals surface area contributed by atoms with Crippen LogP contribution in [0.3, 0.4) is 0 Å². The summed E-state index contributed by atoms with van der Waals surface area (Å²) in [6, 6.07) is 18.0. The van der Waals surface area contributed by atoms with E-state index in [-0.39, 0.29) is 11.7 Å². The molecule has 1 saturated heterocycles. The first-order valence-electron chi connectivity index (χ1n) is 11.1. The monoisotopic (exact) mass is 463 g/mol. The lowest BCUT2D eigenvalue weighted by atomic mass is 10.1. The van der Waals surface area contributed by atoms with E-state index in [4.69, 9.17) is 4.74 Å². The summed E-state index contributed by atoms with van der Waals surface area (Å²) in [4.78, 5) is 26.0. The van der Waals surface area contributed by atoms with Gasteiger partial charge in [0.05, 0.1) is 12.9 Å². The molecule has 0 aliphatic carbocycles. The maximum atomic E-state index is 12.3. The van der Waals surface area contributed by atoms with Crippen molar-refractivity contribution in [1.29, 1.82) is 0 Å². The summed E-state index contributed by atoms with van der Waals surface area (Å²) in [6.07, 6.45) is 2.74. The van der Waals surface area contributed by atoms with Crippen molar-refractivity contribution in [3.63, 3.8) is 0 Å². The highest BCUT2D eigenvalue weighted by Crippen LogP contribution is 2.24.